The second kappa shape index (κ2) is 63.1. The molecule has 1 atom stereocenters. The molecule has 0 saturated heterocycles. The SMILES string of the molecule is CC/C=C\C/C=C\C/C=C\C/C=C\C/C=C\CC(=O)OCC(COC(=O)CCCCCCCCCCCCCCCCCCCCCCCCCCCC)OC(=O)CCCCCCC/C=C\C/C=C\CCCCCC. The highest BCUT2D eigenvalue weighted by Gasteiger charge is 2.19. The molecule has 0 aliphatic rings. The van der Waals surface area contributed by atoms with E-state index in [-0.39, 0.29) is 31.6 Å². The van der Waals surface area contributed by atoms with Gasteiger partial charge in [0.25, 0.3) is 0 Å². The highest BCUT2D eigenvalue weighted by molar-refractivity contribution is 5.72. The van der Waals surface area contributed by atoms with Crippen molar-refractivity contribution in [3.63, 3.8) is 0 Å². The van der Waals surface area contributed by atoms with Gasteiger partial charge in [0.05, 0.1) is 6.42 Å². The first-order chi connectivity index (χ1) is 37.0. The predicted octanol–water partition coefficient (Wildman–Crippen LogP) is 21.9. The van der Waals surface area contributed by atoms with Crippen LogP contribution in [-0.2, 0) is 28.6 Å². The van der Waals surface area contributed by atoms with Gasteiger partial charge < -0.3 is 14.2 Å². The molecule has 0 aromatic carbocycles. The van der Waals surface area contributed by atoms with Crippen LogP contribution in [0.4, 0.5) is 0 Å². The van der Waals surface area contributed by atoms with Crippen LogP contribution in [0.15, 0.2) is 85.1 Å². The van der Waals surface area contributed by atoms with E-state index >= 15 is 0 Å². The number of rotatable bonds is 58. The van der Waals surface area contributed by atoms with E-state index < -0.39 is 12.1 Å². The first-order valence-corrected chi connectivity index (χ1v) is 32.1. The Balaban J connectivity index is 4.34. The van der Waals surface area contributed by atoms with Crippen molar-refractivity contribution in [3.8, 4) is 0 Å². The van der Waals surface area contributed by atoms with Gasteiger partial charge >= 0.3 is 17.9 Å². The van der Waals surface area contributed by atoms with Gasteiger partial charge in [-0.3, -0.25) is 14.4 Å². The van der Waals surface area contributed by atoms with Gasteiger partial charge in [-0.15, -0.1) is 0 Å². The number of carbonyl (C=O) groups excluding carboxylic acids is 3. The molecule has 0 aromatic rings. The van der Waals surface area contributed by atoms with Gasteiger partial charge in [-0.25, -0.2) is 0 Å². The molecular formula is C69H120O6. The fourth-order valence-electron chi connectivity index (χ4n) is 9.14. The number of esters is 3. The van der Waals surface area contributed by atoms with Gasteiger partial charge in [0.2, 0.25) is 0 Å². The predicted molar refractivity (Wildman–Crippen MR) is 325 cm³/mol. The van der Waals surface area contributed by atoms with Gasteiger partial charge in [0, 0.05) is 12.8 Å². The maximum Gasteiger partial charge on any atom is 0.309 e. The minimum absolute atomic E-state index is 0.110. The van der Waals surface area contributed by atoms with Crippen molar-refractivity contribution in [1.29, 1.82) is 0 Å². The average molecular weight is 1050 g/mol. The van der Waals surface area contributed by atoms with Crippen LogP contribution in [0.25, 0.3) is 0 Å². The number of ether oxygens (including phenoxy) is 3. The third kappa shape index (κ3) is 61.3. The van der Waals surface area contributed by atoms with E-state index in [0.29, 0.717) is 12.8 Å². The zero-order valence-electron chi connectivity index (χ0n) is 49.6. The number of allylic oxidation sites excluding steroid dienone is 13. The molecule has 0 fully saturated rings. The monoisotopic (exact) mass is 1040 g/mol. The minimum atomic E-state index is -0.824. The first-order valence-electron chi connectivity index (χ1n) is 32.1. The zero-order chi connectivity index (χ0) is 54.3. The Bertz CT molecular complexity index is 1430. The van der Waals surface area contributed by atoms with E-state index in [1.54, 1.807) is 6.08 Å². The normalized spacial score (nSPS) is 12.6. The number of unbranched alkanes of at least 4 members (excludes halogenated alkanes) is 34. The number of hydrogen-bond donors (Lipinski definition) is 0. The van der Waals surface area contributed by atoms with Crippen LogP contribution in [0.3, 0.4) is 0 Å². The molecule has 0 amide bonds. The van der Waals surface area contributed by atoms with Crippen molar-refractivity contribution in [3.05, 3.63) is 85.1 Å². The summed E-state index contributed by atoms with van der Waals surface area (Å²) in [6, 6.07) is 0. The highest BCUT2D eigenvalue weighted by Crippen LogP contribution is 2.17. The van der Waals surface area contributed by atoms with E-state index in [0.717, 1.165) is 96.3 Å². The zero-order valence-corrected chi connectivity index (χ0v) is 49.6. The van der Waals surface area contributed by atoms with Gasteiger partial charge in [-0.1, -0.05) is 305 Å². The second-order valence-corrected chi connectivity index (χ2v) is 21.3. The molecule has 432 valence electrons. The maximum absolute atomic E-state index is 12.9. The van der Waals surface area contributed by atoms with E-state index in [1.807, 2.05) is 6.08 Å². The molecule has 0 saturated carbocycles. The summed E-state index contributed by atoms with van der Waals surface area (Å²) in [7, 11) is 0. The van der Waals surface area contributed by atoms with Crippen LogP contribution in [0.2, 0.25) is 0 Å². The Labute approximate surface area is 465 Å². The lowest BCUT2D eigenvalue weighted by Crippen LogP contribution is -2.30. The lowest BCUT2D eigenvalue weighted by Gasteiger charge is -2.18. The average Bonchev–Trinajstić information content (AvgIpc) is 3.41. The lowest BCUT2D eigenvalue weighted by molar-refractivity contribution is -0.166. The Morgan fingerprint density at radius 2 is 0.573 bits per heavy atom. The number of carbonyl (C=O) groups is 3. The van der Waals surface area contributed by atoms with Gasteiger partial charge in [0.1, 0.15) is 13.2 Å². The van der Waals surface area contributed by atoms with Crippen molar-refractivity contribution < 1.29 is 28.6 Å². The fourth-order valence-corrected chi connectivity index (χ4v) is 9.14. The van der Waals surface area contributed by atoms with E-state index in [1.165, 1.54) is 180 Å². The van der Waals surface area contributed by atoms with Crippen molar-refractivity contribution in [2.24, 2.45) is 0 Å². The highest BCUT2D eigenvalue weighted by atomic mass is 16.6. The standard InChI is InChI=1S/C69H120O6/c1-4-7-10-13-16-19-22-25-28-30-31-32-33-34-35-36-37-38-39-42-44-47-50-53-56-59-62-68(71)74-65-66(64-73-67(70)61-58-55-52-49-46-43-40-27-24-21-18-15-12-9-6-3)75-69(72)63-60-57-54-51-48-45-41-29-26-23-20-17-14-11-8-5-2/h9,12,18,20-21,23,27,29,40-41,46,49,55,58,66H,4-8,10-11,13-17,19,22,24-26,28,30-39,42-45,47-48,50-54,56-57,59-65H2,1-3H3/b12-9-,21-18-,23-20-,40-27-,41-29-,49-46-,58-55-. The summed E-state index contributed by atoms with van der Waals surface area (Å²) in [4.78, 5) is 38.2. The largest absolute Gasteiger partial charge is 0.462 e. The summed E-state index contributed by atoms with van der Waals surface area (Å²) in [6.45, 7) is 6.44. The van der Waals surface area contributed by atoms with E-state index in [4.69, 9.17) is 14.2 Å². The third-order valence-corrected chi connectivity index (χ3v) is 13.9. The Hall–Kier alpha value is -3.41. The molecule has 0 bridgehead atoms. The fraction of sp³-hybridized carbons (Fsp3) is 0.754. The molecule has 0 N–H and O–H groups in total. The summed E-state index contributed by atoms with van der Waals surface area (Å²) in [5.41, 5.74) is 0. The van der Waals surface area contributed by atoms with Crippen LogP contribution >= 0.6 is 0 Å². The quantitative estimate of drug-likeness (QED) is 0.0261. The molecule has 0 aliphatic heterocycles. The second-order valence-electron chi connectivity index (χ2n) is 21.3. The Morgan fingerprint density at radius 3 is 0.947 bits per heavy atom. The number of hydrogen-bond acceptors (Lipinski definition) is 6. The molecule has 0 spiro atoms. The summed E-state index contributed by atoms with van der Waals surface area (Å²) in [5.74, 6) is -1.05. The van der Waals surface area contributed by atoms with E-state index in [9.17, 15) is 14.4 Å². The Kier molecular flexibility index (Phi) is 60.3. The van der Waals surface area contributed by atoms with Gasteiger partial charge in [-0.05, 0) is 77.0 Å². The molecule has 6 heteroatoms. The van der Waals surface area contributed by atoms with Crippen molar-refractivity contribution in [2.45, 2.75) is 322 Å². The molecule has 0 rings (SSSR count). The molecule has 0 heterocycles. The van der Waals surface area contributed by atoms with Crippen molar-refractivity contribution in [1.82, 2.24) is 0 Å². The topological polar surface area (TPSA) is 78.9 Å². The molecule has 6 nitrogen and oxygen atoms in total. The van der Waals surface area contributed by atoms with Crippen LogP contribution in [0.5, 0.6) is 0 Å². The van der Waals surface area contributed by atoms with Gasteiger partial charge in [0.15, 0.2) is 6.10 Å². The van der Waals surface area contributed by atoms with Gasteiger partial charge in [-0.2, -0.15) is 0 Å². The van der Waals surface area contributed by atoms with Crippen LogP contribution in [0.1, 0.15) is 316 Å². The van der Waals surface area contributed by atoms with E-state index in [2.05, 4.69) is 93.7 Å². The molecule has 0 aliphatic carbocycles. The smallest absolute Gasteiger partial charge is 0.309 e. The van der Waals surface area contributed by atoms with Crippen LogP contribution in [-0.4, -0.2) is 37.2 Å². The third-order valence-electron chi connectivity index (χ3n) is 13.9. The molecule has 0 aromatic heterocycles. The first kappa shape index (κ1) is 71.6. The molecule has 0 radical (unpaired) electrons. The van der Waals surface area contributed by atoms with Crippen LogP contribution < -0.4 is 0 Å². The summed E-state index contributed by atoms with van der Waals surface area (Å²) in [6.07, 6.45) is 83.4. The summed E-state index contributed by atoms with van der Waals surface area (Å²) >= 11 is 0. The lowest BCUT2D eigenvalue weighted by atomic mass is 10.0. The Morgan fingerprint density at radius 1 is 0.293 bits per heavy atom. The van der Waals surface area contributed by atoms with Crippen molar-refractivity contribution in [2.75, 3.05) is 13.2 Å². The summed E-state index contributed by atoms with van der Waals surface area (Å²) < 4.78 is 16.8. The summed E-state index contributed by atoms with van der Waals surface area (Å²) in [5, 5.41) is 0. The maximum atomic E-state index is 12.9. The molecule has 75 heavy (non-hydrogen) atoms. The van der Waals surface area contributed by atoms with Crippen LogP contribution in [0, 0.1) is 0 Å². The molecule has 1 unspecified atom stereocenters. The molecular weight excluding hydrogens is 925 g/mol. The van der Waals surface area contributed by atoms with Crippen molar-refractivity contribution >= 4 is 17.9 Å². The minimum Gasteiger partial charge on any atom is -0.462 e.